The molecule has 4 unspecified atom stereocenters. The second-order valence-corrected chi connectivity index (χ2v) is 5.20. The quantitative estimate of drug-likeness (QED) is 0.735. The molecule has 3 nitrogen and oxygen atoms in total. The first-order chi connectivity index (χ1) is 7.16. The lowest BCUT2D eigenvalue weighted by atomic mass is 10.0. The van der Waals surface area contributed by atoms with E-state index < -0.39 is 0 Å². The van der Waals surface area contributed by atoms with Crippen molar-refractivity contribution in [2.24, 2.45) is 5.92 Å². The van der Waals surface area contributed by atoms with Crippen LogP contribution in [0.1, 0.15) is 32.6 Å². The van der Waals surface area contributed by atoms with E-state index in [0.29, 0.717) is 6.61 Å². The lowest BCUT2D eigenvalue weighted by molar-refractivity contribution is -0.125. The van der Waals surface area contributed by atoms with Crippen LogP contribution in [0.5, 0.6) is 0 Å². The number of amides is 1. The van der Waals surface area contributed by atoms with Gasteiger partial charge >= 0.3 is 0 Å². The van der Waals surface area contributed by atoms with Gasteiger partial charge in [-0.2, -0.15) is 0 Å². The van der Waals surface area contributed by atoms with Crippen molar-refractivity contribution in [3.8, 4) is 0 Å². The number of hydrogen-bond donors (Lipinski definition) is 1. The summed E-state index contributed by atoms with van der Waals surface area (Å²) in [5.74, 6) is 0.154. The summed E-state index contributed by atoms with van der Waals surface area (Å²) in [7, 11) is 0. The highest BCUT2D eigenvalue weighted by molar-refractivity contribution is 6.21. The molecule has 2 fully saturated rings. The molecule has 0 aromatic rings. The van der Waals surface area contributed by atoms with Gasteiger partial charge in [0.2, 0.25) is 5.91 Å². The van der Waals surface area contributed by atoms with Crippen LogP contribution in [0.3, 0.4) is 0 Å². The number of carbonyl (C=O) groups is 1. The van der Waals surface area contributed by atoms with Crippen LogP contribution in [-0.4, -0.2) is 30.0 Å². The Morgan fingerprint density at radius 3 is 2.80 bits per heavy atom. The first kappa shape index (κ1) is 11.2. The molecule has 15 heavy (non-hydrogen) atoms. The Labute approximate surface area is 95.5 Å². The molecule has 1 aliphatic carbocycles. The molecule has 1 saturated heterocycles. The van der Waals surface area contributed by atoms with Gasteiger partial charge in [0, 0.05) is 6.04 Å². The van der Waals surface area contributed by atoms with E-state index in [1.807, 2.05) is 6.92 Å². The molecule has 1 aliphatic heterocycles. The predicted octanol–water partition coefficient (Wildman–Crippen LogP) is 1.69. The van der Waals surface area contributed by atoms with Gasteiger partial charge in [-0.3, -0.25) is 4.79 Å². The summed E-state index contributed by atoms with van der Waals surface area (Å²) in [6.45, 7) is 2.57. The molecule has 4 atom stereocenters. The average Bonchev–Trinajstić information content (AvgIpc) is 2.77. The van der Waals surface area contributed by atoms with E-state index in [1.165, 1.54) is 0 Å². The van der Waals surface area contributed by atoms with E-state index in [2.05, 4.69) is 5.32 Å². The molecule has 0 bridgehead atoms. The fourth-order valence-corrected chi connectivity index (χ4v) is 2.72. The van der Waals surface area contributed by atoms with E-state index in [1.54, 1.807) is 0 Å². The van der Waals surface area contributed by atoms with E-state index in [-0.39, 0.29) is 29.3 Å². The zero-order valence-corrected chi connectivity index (χ0v) is 9.80. The molecule has 86 valence electrons. The van der Waals surface area contributed by atoms with E-state index in [9.17, 15) is 4.79 Å². The highest BCUT2D eigenvalue weighted by Gasteiger charge is 2.32. The average molecular weight is 232 g/mol. The van der Waals surface area contributed by atoms with Crippen LogP contribution in [0.15, 0.2) is 0 Å². The molecule has 2 rings (SSSR count). The molecule has 2 aliphatic rings. The van der Waals surface area contributed by atoms with Gasteiger partial charge in [0.25, 0.3) is 0 Å². The lowest BCUT2D eigenvalue weighted by Gasteiger charge is -2.18. The largest absolute Gasteiger partial charge is 0.378 e. The normalized spacial score (nSPS) is 40.7. The monoisotopic (exact) mass is 231 g/mol. The molecular formula is C11H18ClNO2. The molecule has 1 N–H and O–H groups in total. The van der Waals surface area contributed by atoms with E-state index in [0.717, 1.165) is 25.7 Å². The van der Waals surface area contributed by atoms with Crippen LogP contribution in [-0.2, 0) is 9.53 Å². The number of alkyl halides is 1. The molecule has 1 heterocycles. The molecule has 0 spiro atoms. The lowest BCUT2D eigenvalue weighted by Crippen LogP contribution is -2.41. The molecule has 0 aromatic carbocycles. The van der Waals surface area contributed by atoms with Crippen LogP contribution in [0, 0.1) is 5.92 Å². The summed E-state index contributed by atoms with van der Waals surface area (Å²) >= 11 is 6.11. The number of carbonyl (C=O) groups excluding carboxylic acids is 1. The SMILES string of the molecule is CC1CC(C(=O)NC2CCCC2Cl)CO1. The number of hydrogen-bond acceptors (Lipinski definition) is 2. The summed E-state index contributed by atoms with van der Waals surface area (Å²) < 4.78 is 5.38. The Balaban J connectivity index is 1.81. The van der Waals surface area contributed by atoms with Crippen molar-refractivity contribution >= 4 is 17.5 Å². The third kappa shape index (κ3) is 2.64. The Morgan fingerprint density at radius 2 is 2.27 bits per heavy atom. The zero-order chi connectivity index (χ0) is 10.8. The minimum absolute atomic E-state index is 0.0319. The predicted molar refractivity (Wildman–Crippen MR) is 58.9 cm³/mol. The molecule has 1 amide bonds. The van der Waals surface area contributed by atoms with Gasteiger partial charge < -0.3 is 10.1 Å². The second-order valence-electron chi connectivity index (χ2n) is 4.64. The minimum Gasteiger partial charge on any atom is -0.378 e. The third-order valence-electron chi connectivity index (χ3n) is 3.33. The first-order valence-electron chi connectivity index (χ1n) is 5.73. The van der Waals surface area contributed by atoms with E-state index in [4.69, 9.17) is 16.3 Å². The van der Waals surface area contributed by atoms with Crippen molar-refractivity contribution in [2.45, 2.75) is 50.1 Å². The number of halogens is 1. The summed E-state index contributed by atoms with van der Waals surface area (Å²) in [4.78, 5) is 11.8. The van der Waals surface area contributed by atoms with Gasteiger partial charge in [0.15, 0.2) is 0 Å². The molecule has 1 saturated carbocycles. The topological polar surface area (TPSA) is 38.3 Å². The summed E-state index contributed by atoms with van der Waals surface area (Å²) in [6, 6.07) is 0.176. The van der Waals surface area contributed by atoms with Crippen LogP contribution in [0.25, 0.3) is 0 Å². The summed E-state index contributed by atoms with van der Waals surface area (Å²) in [6.07, 6.45) is 4.21. The maximum absolute atomic E-state index is 11.8. The standard InChI is InChI=1S/C11H18ClNO2/c1-7-5-8(6-15-7)11(14)13-10-4-2-3-9(10)12/h7-10H,2-6H2,1H3,(H,13,14). The highest BCUT2D eigenvalue weighted by atomic mass is 35.5. The Kier molecular flexibility index (Phi) is 3.52. The van der Waals surface area contributed by atoms with Crippen molar-refractivity contribution < 1.29 is 9.53 Å². The first-order valence-corrected chi connectivity index (χ1v) is 6.16. The fraction of sp³-hybridized carbons (Fsp3) is 0.909. The third-order valence-corrected chi connectivity index (χ3v) is 3.85. The summed E-state index contributed by atoms with van der Waals surface area (Å²) in [5, 5.41) is 3.16. The fourth-order valence-electron chi connectivity index (χ4n) is 2.38. The zero-order valence-electron chi connectivity index (χ0n) is 9.04. The summed E-state index contributed by atoms with van der Waals surface area (Å²) in [5.41, 5.74) is 0. The van der Waals surface area contributed by atoms with Crippen molar-refractivity contribution in [2.75, 3.05) is 6.61 Å². The van der Waals surface area contributed by atoms with Crippen molar-refractivity contribution in [3.05, 3.63) is 0 Å². The Hall–Kier alpha value is -0.280. The van der Waals surface area contributed by atoms with Gasteiger partial charge in [0.1, 0.15) is 0 Å². The number of rotatable bonds is 2. The van der Waals surface area contributed by atoms with Crippen LogP contribution in [0.4, 0.5) is 0 Å². The molecule has 0 aromatic heterocycles. The van der Waals surface area contributed by atoms with E-state index >= 15 is 0 Å². The molecule has 4 heteroatoms. The van der Waals surface area contributed by atoms with Gasteiger partial charge in [-0.15, -0.1) is 11.6 Å². The van der Waals surface area contributed by atoms with Crippen molar-refractivity contribution in [3.63, 3.8) is 0 Å². The highest BCUT2D eigenvalue weighted by Crippen LogP contribution is 2.25. The number of ether oxygens (including phenoxy) is 1. The maximum Gasteiger partial charge on any atom is 0.225 e. The van der Waals surface area contributed by atoms with Gasteiger partial charge in [-0.25, -0.2) is 0 Å². The Morgan fingerprint density at radius 1 is 1.47 bits per heavy atom. The number of nitrogens with one attached hydrogen (secondary N) is 1. The van der Waals surface area contributed by atoms with Gasteiger partial charge in [-0.05, 0) is 32.6 Å². The maximum atomic E-state index is 11.8. The second kappa shape index (κ2) is 4.71. The minimum atomic E-state index is 0.0319. The van der Waals surface area contributed by atoms with Gasteiger partial charge in [-0.1, -0.05) is 0 Å². The van der Waals surface area contributed by atoms with Crippen LogP contribution >= 0.6 is 11.6 Å². The smallest absolute Gasteiger partial charge is 0.225 e. The van der Waals surface area contributed by atoms with Gasteiger partial charge in [0.05, 0.1) is 24.0 Å². The van der Waals surface area contributed by atoms with Crippen molar-refractivity contribution in [1.29, 1.82) is 0 Å². The molecule has 0 radical (unpaired) electrons. The Bertz CT molecular complexity index is 247. The molecular weight excluding hydrogens is 214 g/mol. The van der Waals surface area contributed by atoms with Crippen LogP contribution in [0.2, 0.25) is 0 Å². The van der Waals surface area contributed by atoms with Crippen molar-refractivity contribution in [1.82, 2.24) is 5.32 Å². The van der Waals surface area contributed by atoms with Crippen LogP contribution < -0.4 is 5.32 Å².